The van der Waals surface area contributed by atoms with Crippen LogP contribution in [0.4, 0.5) is 24.0 Å². The van der Waals surface area contributed by atoms with Crippen LogP contribution >= 0.6 is 11.3 Å². The van der Waals surface area contributed by atoms with Crippen molar-refractivity contribution in [3.63, 3.8) is 0 Å². The first kappa shape index (κ1) is 26.5. The van der Waals surface area contributed by atoms with Crippen molar-refractivity contribution in [3.05, 3.63) is 54.4 Å². The number of amides is 2. The first-order chi connectivity index (χ1) is 18.7. The van der Waals surface area contributed by atoms with Gasteiger partial charge in [0, 0.05) is 24.5 Å². The van der Waals surface area contributed by atoms with Crippen LogP contribution in [0.1, 0.15) is 44.6 Å². The Morgan fingerprint density at radius 1 is 1.03 bits per heavy atom. The number of ether oxygens (including phenoxy) is 1. The van der Waals surface area contributed by atoms with E-state index in [1.807, 2.05) is 6.07 Å². The van der Waals surface area contributed by atoms with Gasteiger partial charge in [0.25, 0.3) is 0 Å². The lowest BCUT2D eigenvalue weighted by atomic mass is 9.88. The number of nitrogens with zero attached hydrogens (tertiary/aromatic N) is 3. The molecule has 0 atom stereocenters. The van der Waals surface area contributed by atoms with Crippen molar-refractivity contribution in [2.45, 2.75) is 45.2 Å². The minimum Gasteiger partial charge on any atom is -0.437 e. The Balaban J connectivity index is 1.47. The summed E-state index contributed by atoms with van der Waals surface area (Å²) in [7, 11) is 0. The summed E-state index contributed by atoms with van der Waals surface area (Å²) in [6.07, 6.45) is 0.945. The number of hydrogen-bond donors (Lipinski definition) is 2. The SMILES string of the molecule is CC(=O)Nc1nc2c(Oc3cc(-c4ccc(C(F)(F)F)cc4NC(=O)C4CCCCC4)ncn3)cccc2s1. The molecular weight excluding hydrogens is 531 g/mol. The van der Waals surface area contributed by atoms with Gasteiger partial charge in [0.15, 0.2) is 10.9 Å². The number of carbonyl (C=O) groups is 2. The number of carbonyl (C=O) groups excluding carboxylic acids is 2. The summed E-state index contributed by atoms with van der Waals surface area (Å²) in [6.45, 7) is 1.39. The highest BCUT2D eigenvalue weighted by Gasteiger charge is 2.32. The summed E-state index contributed by atoms with van der Waals surface area (Å²) in [5.74, 6) is -0.286. The van der Waals surface area contributed by atoms with E-state index < -0.39 is 11.7 Å². The minimum absolute atomic E-state index is 0.0200. The zero-order valence-corrected chi connectivity index (χ0v) is 21.7. The molecule has 0 aliphatic heterocycles. The molecule has 2 heterocycles. The number of anilines is 2. The molecule has 4 aromatic rings. The molecular formula is C27H24F3N5O3S. The Morgan fingerprint density at radius 2 is 1.82 bits per heavy atom. The van der Waals surface area contributed by atoms with Crippen LogP contribution in [0.2, 0.25) is 0 Å². The molecule has 8 nitrogen and oxygen atoms in total. The fraction of sp³-hybridized carbons (Fsp3) is 0.296. The second-order valence-corrected chi connectivity index (χ2v) is 10.3. The predicted octanol–water partition coefficient (Wildman–Crippen LogP) is 7.04. The third kappa shape index (κ3) is 6.17. The Labute approximate surface area is 225 Å². The molecule has 1 aliphatic rings. The standard InChI is InChI=1S/C27H24F3N5O3S/c1-15(36)33-26-35-24-21(8-5-9-22(24)39-26)38-23-13-19(31-14-32-23)18-11-10-17(27(28,29)30)12-20(18)34-25(37)16-6-3-2-4-7-16/h5,8-14,16H,2-4,6-7H2,1H3,(H,34,37)(H,33,35,36). The van der Waals surface area contributed by atoms with E-state index in [1.54, 1.807) is 12.1 Å². The molecule has 1 fully saturated rings. The van der Waals surface area contributed by atoms with Crippen LogP contribution in [0.3, 0.4) is 0 Å². The molecule has 202 valence electrons. The number of aromatic nitrogens is 3. The molecule has 5 rings (SSSR count). The number of halogens is 3. The zero-order valence-electron chi connectivity index (χ0n) is 20.8. The molecule has 2 aromatic carbocycles. The summed E-state index contributed by atoms with van der Waals surface area (Å²) in [6, 6.07) is 9.94. The summed E-state index contributed by atoms with van der Waals surface area (Å²) >= 11 is 1.28. The van der Waals surface area contributed by atoms with Crippen molar-refractivity contribution in [1.82, 2.24) is 15.0 Å². The van der Waals surface area contributed by atoms with Crippen molar-refractivity contribution >= 4 is 44.2 Å². The van der Waals surface area contributed by atoms with Gasteiger partial charge in [-0.1, -0.05) is 42.7 Å². The number of para-hydroxylation sites is 1. The quantitative estimate of drug-likeness (QED) is 0.264. The first-order valence-corrected chi connectivity index (χ1v) is 13.2. The number of nitrogens with one attached hydrogen (secondary N) is 2. The Hall–Kier alpha value is -4.06. The summed E-state index contributed by atoms with van der Waals surface area (Å²) in [4.78, 5) is 37.2. The topological polar surface area (TPSA) is 106 Å². The molecule has 2 N–H and O–H groups in total. The van der Waals surface area contributed by atoms with Gasteiger partial charge < -0.3 is 15.4 Å². The van der Waals surface area contributed by atoms with Gasteiger partial charge in [-0.05, 0) is 37.1 Å². The highest BCUT2D eigenvalue weighted by Crippen LogP contribution is 2.38. The van der Waals surface area contributed by atoms with Crippen LogP contribution < -0.4 is 15.4 Å². The van der Waals surface area contributed by atoms with Crippen molar-refractivity contribution < 1.29 is 27.5 Å². The molecule has 0 radical (unpaired) electrons. The number of rotatable bonds is 6. The predicted molar refractivity (Wildman–Crippen MR) is 142 cm³/mol. The number of thiazole rings is 1. The Bertz CT molecular complexity index is 1530. The number of hydrogen-bond acceptors (Lipinski definition) is 7. The van der Waals surface area contributed by atoms with E-state index in [2.05, 4.69) is 25.6 Å². The smallest absolute Gasteiger partial charge is 0.416 e. The molecule has 2 aromatic heterocycles. The van der Waals surface area contributed by atoms with Crippen molar-refractivity contribution in [2.24, 2.45) is 5.92 Å². The van der Waals surface area contributed by atoms with E-state index in [1.165, 1.54) is 36.7 Å². The fourth-order valence-electron chi connectivity index (χ4n) is 4.51. The van der Waals surface area contributed by atoms with Gasteiger partial charge in [-0.2, -0.15) is 13.2 Å². The lowest BCUT2D eigenvalue weighted by molar-refractivity contribution is -0.137. The van der Waals surface area contributed by atoms with E-state index in [-0.39, 0.29) is 35.0 Å². The summed E-state index contributed by atoms with van der Waals surface area (Å²) in [5, 5.41) is 5.79. The molecule has 1 aliphatic carbocycles. The average Bonchev–Trinajstić information content (AvgIpc) is 3.31. The lowest BCUT2D eigenvalue weighted by Crippen LogP contribution is -2.25. The average molecular weight is 556 g/mol. The summed E-state index contributed by atoms with van der Waals surface area (Å²) in [5.41, 5.74) is 0.241. The van der Waals surface area contributed by atoms with Gasteiger partial charge in [-0.3, -0.25) is 9.59 Å². The van der Waals surface area contributed by atoms with Crippen molar-refractivity contribution in [1.29, 1.82) is 0 Å². The molecule has 0 spiro atoms. The maximum absolute atomic E-state index is 13.5. The van der Waals surface area contributed by atoms with Gasteiger partial charge in [0.05, 0.1) is 21.6 Å². The third-order valence-electron chi connectivity index (χ3n) is 6.38. The largest absolute Gasteiger partial charge is 0.437 e. The fourth-order valence-corrected chi connectivity index (χ4v) is 5.44. The molecule has 0 unspecified atom stereocenters. The van der Waals surface area contributed by atoms with Gasteiger partial charge in [0.1, 0.15) is 11.8 Å². The third-order valence-corrected chi connectivity index (χ3v) is 7.31. The maximum atomic E-state index is 13.5. The van der Waals surface area contributed by atoms with Crippen LogP contribution in [-0.4, -0.2) is 26.8 Å². The molecule has 1 saturated carbocycles. The van der Waals surface area contributed by atoms with Gasteiger partial charge >= 0.3 is 6.18 Å². The maximum Gasteiger partial charge on any atom is 0.416 e. The van der Waals surface area contributed by atoms with E-state index in [4.69, 9.17) is 4.74 Å². The van der Waals surface area contributed by atoms with Crippen molar-refractivity contribution in [3.8, 4) is 22.9 Å². The van der Waals surface area contributed by atoms with Crippen LogP contribution in [0, 0.1) is 5.92 Å². The molecule has 0 bridgehead atoms. The van der Waals surface area contributed by atoms with Crippen molar-refractivity contribution in [2.75, 3.05) is 10.6 Å². The Kier molecular flexibility index (Phi) is 7.47. The van der Waals surface area contributed by atoms with Crippen LogP contribution in [0.25, 0.3) is 21.5 Å². The van der Waals surface area contributed by atoms with E-state index in [0.717, 1.165) is 36.1 Å². The number of benzene rings is 2. The molecule has 0 saturated heterocycles. The van der Waals surface area contributed by atoms with Gasteiger partial charge in [0.2, 0.25) is 17.7 Å². The second-order valence-electron chi connectivity index (χ2n) is 9.23. The molecule has 12 heteroatoms. The highest BCUT2D eigenvalue weighted by atomic mass is 32.1. The normalized spacial score (nSPS) is 14.3. The lowest BCUT2D eigenvalue weighted by Gasteiger charge is -2.22. The zero-order chi connectivity index (χ0) is 27.6. The summed E-state index contributed by atoms with van der Waals surface area (Å²) < 4.78 is 47.3. The van der Waals surface area contributed by atoms with Gasteiger partial charge in [-0.25, -0.2) is 15.0 Å². The van der Waals surface area contributed by atoms with Gasteiger partial charge in [-0.15, -0.1) is 0 Å². The van der Waals surface area contributed by atoms with Crippen LogP contribution in [-0.2, 0) is 15.8 Å². The second kappa shape index (κ2) is 11.0. The molecule has 39 heavy (non-hydrogen) atoms. The van der Waals surface area contributed by atoms with Crippen LogP contribution in [0.5, 0.6) is 11.6 Å². The minimum atomic E-state index is -4.58. The van der Waals surface area contributed by atoms with E-state index in [9.17, 15) is 22.8 Å². The number of fused-ring (bicyclic) bond motifs is 1. The first-order valence-electron chi connectivity index (χ1n) is 12.4. The highest BCUT2D eigenvalue weighted by molar-refractivity contribution is 7.22. The van der Waals surface area contributed by atoms with E-state index in [0.29, 0.717) is 34.8 Å². The monoisotopic (exact) mass is 555 g/mol. The molecule has 2 amide bonds. The van der Waals surface area contributed by atoms with Crippen LogP contribution in [0.15, 0.2) is 48.8 Å². The number of alkyl halides is 3. The Morgan fingerprint density at radius 3 is 2.56 bits per heavy atom. The van der Waals surface area contributed by atoms with E-state index >= 15 is 0 Å².